The Balaban J connectivity index is 1.91. The van der Waals surface area contributed by atoms with Gasteiger partial charge in [-0.15, -0.1) is 0 Å². The lowest BCUT2D eigenvalue weighted by molar-refractivity contribution is 0.0346. The van der Waals surface area contributed by atoms with Gasteiger partial charge >= 0.3 is 0 Å². The maximum atomic E-state index is 5.93. The molecule has 2 aliphatic rings. The van der Waals surface area contributed by atoms with Crippen molar-refractivity contribution >= 4 is 0 Å². The molecule has 3 rings (SSSR count). The first kappa shape index (κ1) is 13.9. The average Bonchev–Trinajstić information content (AvgIpc) is 3.01. The molecule has 0 aromatic carbocycles. The quantitative estimate of drug-likeness (QED) is 0.647. The van der Waals surface area contributed by atoms with Crippen molar-refractivity contribution in [3.8, 4) is 0 Å². The van der Waals surface area contributed by atoms with Crippen molar-refractivity contribution in [3.05, 3.63) is 24.3 Å². The van der Waals surface area contributed by atoms with Crippen LogP contribution in [0.15, 0.2) is 18.6 Å². The van der Waals surface area contributed by atoms with Crippen molar-refractivity contribution in [1.82, 2.24) is 20.3 Å². The van der Waals surface area contributed by atoms with E-state index >= 15 is 0 Å². The van der Waals surface area contributed by atoms with Gasteiger partial charge in [0.15, 0.2) is 0 Å². The van der Waals surface area contributed by atoms with E-state index in [0.29, 0.717) is 0 Å². The fourth-order valence-corrected chi connectivity index (χ4v) is 4.09. The van der Waals surface area contributed by atoms with Gasteiger partial charge in [0.1, 0.15) is 0 Å². The van der Waals surface area contributed by atoms with Crippen LogP contribution in [0.3, 0.4) is 0 Å². The molecule has 1 saturated carbocycles. The predicted octanol–water partition coefficient (Wildman–Crippen LogP) is 1.78. The summed E-state index contributed by atoms with van der Waals surface area (Å²) < 4.78 is 0. The van der Waals surface area contributed by atoms with Crippen molar-refractivity contribution in [2.45, 2.75) is 56.5 Å². The van der Waals surface area contributed by atoms with E-state index in [1.165, 1.54) is 58.0 Å². The molecule has 1 unspecified atom stereocenters. The van der Waals surface area contributed by atoms with Gasteiger partial charge in [-0.3, -0.25) is 20.7 Å². The van der Waals surface area contributed by atoms with Gasteiger partial charge in [0.2, 0.25) is 0 Å². The Morgan fingerprint density at radius 3 is 2.45 bits per heavy atom. The molecule has 1 aliphatic heterocycles. The fraction of sp³-hybridized carbons (Fsp3) is 0.733. The summed E-state index contributed by atoms with van der Waals surface area (Å²) >= 11 is 0. The topological polar surface area (TPSA) is 67.1 Å². The van der Waals surface area contributed by atoms with Crippen molar-refractivity contribution in [3.63, 3.8) is 0 Å². The van der Waals surface area contributed by atoms with Gasteiger partial charge in [-0.05, 0) is 38.8 Å². The molecule has 20 heavy (non-hydrogen) atoms. The zero-order valence-electron chi connectivity index (χ0n) is 12.1. The van der Waals surface area contributed by atoms with Crippen LogP contribution in [0.1, 0.15) is 56.7 Å². The first-order valence-corrected chi connectivity index (χ1v) is 7.84. The number of nitrogens with one attached hydrogen (secondary N) is 1. The summed E-state index contributed by atoms with van der Waals surface area (Å²) in [6.45, 7) is 2.39. The number of hydrogen-bond acceptors (Lipinski definition) is 5. The number of hydrogen-bond donors (Lipinski definition) is 2. The molecule has 0 bridgehead atoms. The SMILES string of the molecule is NNC(c1cnccn1)C1(N2CCCCC2)CCCC1. The van der Waals surface area contributed by atoms with Gasteiger partial charge < -0.3 is 0 Å². The molecule has 110 valence electrons. The first-order valence-electron chi connectivity index (χ1n) is 7.84. The van der Waals surface area contributed by atoms with Crippen LogP contribution in [-0.4, -0.2) is 33.5 Å². The molecule has 1 aromatic rings. The second kappa shape index (κ2) is 6.16. The monoisotopic (exact) mass is 275 g/mol. The predicted molar refractivity (Wildman–Crippen MR) is 78.7 cm³/mol. The maximum absolute atomic E-state index is 5.93. The minimum atomic E-state index is 0.0804. The highest BCUT2D eigenvalue weighted by Crippen LogP contribution is 2.44. The number of piperidine rings is 1. The van der Waals surface area contributed by atoms with E-state index in [9.17, 15) is 0 Å². The Kier molecular flexibility index (Phi) is 4.29. The standard InChI is InChI=1S/C15H25N5/c16-19-14(13-12-17-8-9-18-13)15(6-2-3-7-15)20-10-4-1-5-11-20/h8-9,12,14,19H,1-7,10-11,16H2. The Labute approximate surface area is 120 Å². The van der Waals surface area contributed by atoms with Crippen LogP contribution in [0.5, 0.6) is 0 Å². The third kappa shape index (κ3) is 2.45. The summed E-state index contributed by atoms with van der Waals surface area (Å²) in [5.74, 6) is 5.93. The second-order valence-electron chi connectivity index (χ2n) is 6.09. The number of likely N-dealkylation sites (tertiary alicyclic amines) is 1. The van der Waals surface area contributed by atoms with Crippen LogP contribution < -0.4 is 11.3 Å². The fourth-order valence-electron chi connectivity index (χ4n) is 4.09. The lowest BCUT2D eigenvalue weighted by Gasteiger charge is -2.47. The molecule has 2 fully saturated rings. The molecule has 0 amide bonds. The molecule has 1 saturated heterocycles. The van der Waals surface area contributed by atoms with E-state index in [-0.39, 0.29) is 11.6 Å². The minimum Gasteiger partial charge on any atom is -0.296 e. The van der Waals surface area contributed by atoms with Crippen molar-refractivity contribution in [2.75, 3.05) is 13.1 Å². The summed E-state index contributed by atoms with van der Waals surface area (Å²) in [7, 11) is 0. The van der Waals surface area contributed by atoms with Gasteiger partial charge in [0.05, 0.1) is 17.9 Å². The summed E-state index contributed by atoms with van der Waals surface area (Å²) in [4.78, 5) is 11.4. The smallest absolute Gasteiger partial charge is 0.0831 e. The molecule has 0 radical (unpaired) electrons. The number of hydrazine groups is 1. The molecule has 2 heterocycles. The largest absolute Gasteiger partial charge is 0.296 e. The summed E-state index contributed by atoms with van der Waals surface area (Å²) in [5.41, 5.74) is 4.16. The lowest BCUT2D eigenvalue weighted by atomic mass is 9.83. The molecule has 1 aromatic heterocycles. The van der Waals surface area contributed by atoms with Crippen LogP contribution in [0.4, 0.5) is 0 Å². The normalized spacial score (nSPS) is 24.6. The Hall–Kier alpha value is -1.04. The van der Waals surface area contributed by atoms with Crippen molar-refractivity contribution in [2.24, 2.45) is 5.84 Å². The third-order valence-corrected chi connectivity index (χ3v) is 5.04. The number of aromatic nitrogens is 2. The number of rotatable bonds is 4. The highest BCUT2D eigenvalue weighted by Gasteiger charge is 2.47. The molecular weight excluding hydrogens is 250 g/mol. The number of nitrogens with zero attached hydrogens (tertiary/aromatic N) is 3. The zero-order valence-corrected chi connectivity index (χ0v) is 12.1. The zero-order chi connectivity index (χ0) is 13.8. The highest BCUT2D eigenvalue weighted by molar-refractivity contribution is 5.14. The van der Waals surface area contributed by atoms with E-state index in [1.54, 1.807) is 12.4 Å². The van der Waals surface area contributed by atoms with Crippen LogP contribution in [0.25, 0.3) is 0 Å². The second-order valence-corrected chi connectivity index (χ2v) is 6.09. The van der Waals surface area contributed by atoms with Crippen LogP contribution in [0, 0.1) is 0 Å². The van der Waals surface area contributed by atoms with E-state index in [0.717, 1.165) is 5.69 Å². The van der Waals surface area contributed by atoms with E-state index < -0.39 is 0 Å². The van der Waals surface area contributed by atoms with E-state index in [2.05, 4.69) is 20.3 Å². The Morgan fingerprint density at radius 2 is 1.85 bits per heavy atom. The summed E-state index contributed by atoms with van der Waals surface area (Å²) in [6.07, 6.45) is 14.3. The third-order valence-electron chi connectivity index (χ3n) is 5.04. The first-order chi connectivity index (χ1) is 9.87. The molecule has 3 N–H and O–H groups in total. The Morgan fingerprint density at radius 1 is 1.10 bits per heavy atom. The van der Waals surface area contributed by atoms with Crippen LogP contribution in [-0.2, 0) is 0 Å². The van der Waals surface area contributed by atoms with Crippen LogP contribution in [0.2, 0.25) is 0 Å². The maximum Gasteiger partial charge on any atom is 0.0831 e. The molecule has 5 nitrogen and oxygen atoms in total. The average molecular weight is 275 g/mol. The van der Waals surface area contributed by atoms with E-state index in [4.69, 9.17) is 5.84 Å². The van der Waals surface area contributed by atoms with Crippen molar-refractivity contribution < 1.29 is 0 Å². The molecule has 0 spiro atoms. The van der Waals surface area contributed by atoms with Gasteiger partial charge in [-0.2, -0.15) is 0 Å². The van der Waals surface area contributed by atoms with E-state index in [1.807, 2.05) is 6.20 Å². The molecule has 5 heteroatoms. The minimum absolute atomic E-state index is 0.0804. The molecular formula is C15H25N5. The molecule has 1 atom stereocenters. The summed E-state index contributed by atoms with van der Waals surface area (Å²) in [5, 5.41) is 0. The lowest BCUT2D eigenvalue weighted by Crippen LogP contribution is -2.58. The molecule has 1 aliphatic carbocycles. The van der Waals surface area contributed by atoms with Gasteiger partial charge in [-0.25, -0.2) is 5.43 Å². The summed E-state index contributed by atoms with van der Waals surface area (Å²) in [6, 6.07) is 0.0804. The Bertz CT molecular complexity index is 410. The number of nitrogens with two attached hydrogens (primary N) is 1. The van der Waals surface area contributed by atoms with Crippen molar-refractivity contribution in [1.29, 1.82) is 0 Å². The van der Waals surface area contributed by atoms with Gasteiger partial charge in [-0.1, -0.05) is 19.3 Å². The van der Waals surface area contributed by atoms with Gasteiger partial charge in [0.25, 0.3) is 0 Å². The highest BCUT2D eigenvalue weighted by atomic mass is 15.3. The van der Waals surface area contributed by atoms with Gasteiger partial charge in [0, 0.05) is 17.9 Å². The van der Waals surface area contributed by atoms with Crippen LogP contribution >= 0.6 is 0 Å².